The Bertz CT molecular complexity index is 132. The molecule has 6 heteroatoms. The predicted octanol–water partition coefficient (Wildman–Crippen LogP) is 0.779. The molecule has 2 N–H and O–H groups in total. The van der Waals surface area contributed by atoms with Crippen LogP contribution in [0.5, 0.6) is 0 Å². The zero-order valence-electron chi connectivity index (χ0n) is 4.56. The van der Waals surface area contributed by atoms with Gasteiger partial charge in [-0.25, -0.2) is 9.82 Å². The number of rotatable bonds is 4. The van der Waals surface area contributed by atoms with E-state index in [2.05, 4.69) is 15.8 Å². The lowest BCUT2D eigenvalue weighted by molar-refractivity contribution is -0.161. The first kappa shape index (κ1) is 8.81. The van der Waals surface area contributed by atoms with Crippen molar-refractivity contribution in [2.75, 3.05) is 6.61 Å². The molecule has 0 rings (SSSR count). The van der Waals surface area contributed by atoms with E-state index in [1.807, 2.05) is 0 Å². The average Bonchev–Trinajstić information content (AvgIpc) is 1.84. The van der Waals surface area contributed by atoms with Gasteiger partial charge in [-0.2, -0.15) is 0 Å². The van der Waals surface area contributed by atoms with E-state index in [0.717, 1.165) is 0 Å². The first-order valence-electron chi connectivity index (χ1n) is 2.04. The SMILES string of the molecule is C=CCOP(=O)(O)OO. The van der Waals surface area contributed by atoms with E-state index in [0.29, 0.717) is 0 Å². The standard InChI is InChI=1S/C3H7O5P/c1-2-3-7-9(5,6)8-4/h2,4H,1,3H2,(H,5,6). The van der Waals surface area contributed by atoms with Gasteiger partial charge in [-0.1, -0.05) is 6.08 Å². The van der Waals surface area contributed by atoms with Crippen molar-refractivity contribution in [3.63, 3.8) is 0 Å². The van der Waals surface area contributed by atoms with Gasteiger partial charge in [-0.3, -0.25) is 4.52 Å². The minimum absolute atomic E-state index is 0.145. The smallest absolute Gasteiger partial charge is 0.301 e. The van der Waals surface area contributed by atoms with Gasteiger partial charge in [0.1, 0.15) is 0 Å². The lowest BCUT2D eigenvalue weighted by Crippen LogP contribution is -1.90. The van der Waals surface area contributed by atoms with Crippen LogP contribution in [-0.4, -0.2) is 16.8 Å². The molecular formula is C3H7O5P. The van der Waals surface area contributed by atoms with Crippen molar-refractivity contribution >= 4 is 7.82 Å². The molecule has 5 nitrogen and oxygen atoms in total. The van der Waals surface area contributed by atoms with E-state index in [1.165, 1.54) is 6.08 Å². The highest BCUT2D eigenvalue weighted by Crippen LogP contribution is 2.41. The summed E-state index contributed by atoms with van der Waals surface area (Å²) < 4.78 is 17.3. The lowest BCUT2D eigenvalue weighted by Gasteiger charge is -2.03. The van der Waals surface area contributed by atoms with Gasteiger partial charge in [0.05, 0.1) is 6.61 Å². The molecule has 0 aliphatic rings. The summed E-state index contributed by atoms with van der Waals surface area (Å²) in [7, 11) is -4.21. The van der Waals surface area contributed by atoms with E-state index in [-0.39, 0.29) is 6.61 Å². The van der Waals surface area contributed by atoms with Crippen LogP contribution in [0, 0.1) is 0 Å². The third kappa shape index (κ3) is 4.32. The molecule has 0 saturated heterocycles. The van der Waals surface area contributed by atoms with Gasteiger partial charge in [0.25, 0.3) is 0 Å². The van der Waals surface area contributed by atoms with E-state index >= 15 is 0 Å². The number of phosphoric acid groups is 1. The fourth-order valence-corrected chi connectivity index (χ4v) is 0.511. The van der Waals surface area contributed by atoms with Crippen molar-refractivity contribution in [3.8, 4) is 0 Å². The highest BCUT2D eigenvalue weighted by Gasteiger charge is 2.18. The van der Waals surface area contributed by atoms with Crippen molar-refractivity contribution in [1.82, 2.24) is 0 Å². The summed E-state index contributed by atoms with van der Waals surface area (Å²) >= 11 is 0. The van der Waals surface area contributed by atoms with Crippen molar-refractivity contribution < 1.29 is 23.9 Å². The van der Waals surface area contributed by atoms with Crippen molar-refractivity contribution in [2.45, 2.75) is 0 Å². The Labute approximate surface area is 52.1 Å². The molecule has 0 aromatic carbocycles. The molecular weight excluding hydrogens is 147 g/mol. The van der Waals surface area contributed by atoms with E-state index in [1.54, 1.807) is 0 Å². The van der Waals surface area contributed by atoms with E-state index < -0.39 is 7.82 Å². The third-order valence-corrected chi connectivity index (χ3v) is 1.14. The van der Waals surface area contributed by atoms with Crippen molar-refractivity contribution in [1.29, 1.82) is 0 Å². The van der Waals surface area contributed by atoms with Crippen LogP contribution < -0.4 is 0 Å². The second kappa shape index (κ2) is 3.76. The fraction of sp³-hybridized carbons (Fsp3) is 0.333. The molecule has 0 aliphatic heterocycles. The summed E-state index contributed by atoms with van der Waals surface area (Å²) in [6, 6.07) is 0. The normalized spacial score (nSPS) is 16.7. The van der Waals surface area contributed by atoms with Crippen LogP contribution >= 0.6 is 7.82 Å². The highest BCUT2D eigenvalue weighted by atomic mass is 31.2. The van der Waals surface area contributed by atoms with Crippen LogP contribution in [-0.2, 0) is 13.8 Å². The van der Waals surface area contributed by atoms with E-state index in [9.17, 15) is 4.57 Å². The fourth-order valence-electron chi connectivity index (χ4n) is 0.170. The summed E-state index contributed by atoms with van der Waals surface area (Å²) in [5.41, 5.74) is 0. The van der Waals surface area contributed by atoms with E-state index in [4.69, 9.17) is 10.2 Å². The Morgan fingerprint density at radius 1 is 1.78 bits per heavy atom. The molecule has 0 aromatic rings. The second-order valence-corrected chi connectivity index (χ2v) is 2.49. The molecule has 1 unspecified atom stereocenters. The maximum Gasteiger partial charge on any atom is 0.499 e. The molecule has 54 valence electrons. The quantitative estimate of drug-likeness (QED) is 0.271. The Hall–Kier alpha value is -0.190. The number of hydrogen-bond donors (Lipinski definition) is 2. The zero-order valence-corrected chi connectivity index (χ0v) is 5.45. The van der Waals surface area contributed by atoms with Gasteiger partial charge in [0, 0.05) is 0 Å². The van der Waals surface area contributed by atoms with Crippen LogP contribution in [0.25, 0.3) is 0 Å². The molecule has 0 spiro atoms. The maximum atomic E-state index is 10.2. The molecule has 0 saturated carbocycles. The molecule has 0 aromatic heterocycles. The molecule has 1 atom stereocenters. The Kier molecular flexibility index (Phi) is 3.68. The first-order valence-corrected chi connectivity index (χ1v) is 3.53. The molecule has 0 amide bonds. The Morgan fingerprint density at radius 2 is 2.33 bits per heavy atom. The van der Waals surface area contributed by atoms with Gasteiger partial charge >= 0.3 is 7.82 Å². The van der Waals surface area contributed by atoms with Gasteiger partial charge in [0.2, 0.25) is 0 Å². The summed E-state index contributed by atoms with van der Waals surface area (Å²) in [5, 5.41) is 7.65. The molecule has 9 heavy (non-hydrogen) atoms. The summed E-state index contributed by atoms with van der Waals surface area (Å²) in [4.78, 5) is 8.27. The van der Waals surface area contributed by atoms with Gasteiger partial charge in [-0.05, 0) is 0 Å². The maximum absolute atomic E-state index is 10.2. The summed E-state index contributed by atoms with van der Waals surface area (Å²) in [6.45, 7) is 3.06. The largest absolute Gasteiger partial charge is 0.499 e. The molecule has 0 radical (unpaired) electrons. The van der Waals surface area contributed by atoms with Crippen LogP contribution in [0.3, 0.4) is 0 Å². The van der Waals surface area contributed by atoms with Crippen LogP contribution in [0.2, 0.25) is 0 Å². The Morgan fingerprint density at radius 3 is 2.67 bits per heavy atom. The Balaban J connectivity index is 3.58. The summed E-state index contributed by atoms with van der Waals surface area (Å²) in [5.74, 6) is 0. The summed E-state index contributed by atoms with van der Waals surface area (Å²) in [6.07, 6.45) is 1.25. The van der Waals surface area contributed by atoms with Crippen LogP contribution in [0.1, 0.15) is 0 Å². The van der Waals surface area contributed by atoms with Crippen LogP contribution in [0.4, 0.5) is 0 Å². The molecule has 0 heterocycles. The minimum Gasteiger partial charge on any atom is -0.301 e. The second-order valence-electron chi connectivity index (χ2n) is 1.13. The van der Waals surface area contributed by atoms with Gasteiger partial charge in [-0.15, -0.1) is 11.3 Å². The van der Waals surface area contributed by atoms with Crippen LogP contribution in [0.15, 0.2) is 12.7 Å². The molecule has 0 bridgehead atoms. The van der Waals surface area contributed by atoms with Gasteiger partial charge in [0.15, 0.2) is 0 Å². The van der Waals surface area contributed by atoms with Crippen molar-refractivity contribution in [3.05, 3.63) is 12.7 Å². The average molecular weight is 154 g/mol. The lowest BCUT2D eigenvalue weighted by atomic mass is 10.7. The molecule has 0 fully saturated rings. The minimum atomic E-state index is -4.21. The highest BCUT2D eigenvalue weighted by molar-refractivity contribution is 7.47. The number of phosphoric ester groups is 1. The van der Waals surface area contributed by atoms with Crippen molar-refractivity contribution in [2.24, 2.45) is 0 Å². The third-order valence-electron chi connectivity index (χ3n) is 0.459. The topological polar surface area (TPSA) is 76.0 Å². The predicted molar refractivity (Wildman–Crippen MR) is 29.7 cm³/mol. The molecule has 0 aliphatic carbocycles. The zero-order chi connectivity index (χ0) is 7.33. The first-order chi connectivity index (χ1) is 4.12. The monoisotopic (exact) mass is 154 g/mol. The number of hydrogen-bond acceptors (Lipinski definition) is 4. The van der Waals surface area contributed by atoms with Gasteiger partial charge < -0.3 is 4.89 Å².